The van der Waals surface area contributed by atoms with Crippen LogP contribution in [0.5, 0.6) is 11.5 Å². The molecule has 270 valence electrons. The number of hydrogen-bond donors (Lipinski definition) is 11. The van der Waals surface area contributed by atoms with Gasteiger partial charge >= 0.3 is 5.97 Å². The molecule has 3 aliphatic rings. The van der Waals surface area contributed by atoms with Crippen molar-refractivity contribution in [2.24, 2.45) is 5.92 Å². The molecular weight excluding hydrogens is 656 g/mol. The topological polar surface area (TPSA) is 294 Å². The van der Waals surface area contributed by atoms with Gasteiger partial charge in [-0.2, -0.15) is 0 Å². The third-order valence-electron chi connectivity index (χ3n) is 9.45. The van der Waals surface area contributed by atoms with E-state index in [2.05, 4.69) is 0 Å². The van der Waals surface area contributed by atoms with Gasteiger partial charge in [-0.3, -0.25) is 9.59 Å². The second-order valence-electron chi connectivity index (χ2n) is 12.5. The van der Waals surface area contributed by atoms with Crippen molar-refractivity contribution in [2.75, 3.05) is 13.2 Å². The number of rotatable bonds is 9. The molecule has 2 fully saturated rings. The normalized spacial score (nSPS) is 35.6. The summed E-state index contributed by atoms with van der Waals surface area (Å²) in [5.41, 5.74) is -4.17. The molecule has 0 spiro atoms. The van der Waals surface area contributed by atoms with Crippen LogP contribution in [0.4, 0.5) is 0 Å². The number of aliphatic hydroxyl groups is 9. The molecule has 2 heterocycles. The first-order valence-electron chi connectivity index (χ1n) is 15.5. The molecule has 5 rings (SSSR count). The number of carbonyl (C=O) groups is 2. The molecule has 2 aromatic rings. The van der Waals surface area contributed by atoms with E-state index in [-0.39, 0.29) is 16.7 Å². The van der Waals surface area contributed by atoms with E-state index in [1.807, 2.05) is 0 Å². The average molecular weight is 697 g/mol. The maximum atomic E-state index is 13.6. The van der Waals surface area contributed by atoms with Crippen LogP contribution in [0.25, 0.3) is 0 Å². The minimum atomic E-state index is -2.61. The summed E-state index contributed by atoms with van der Waals surface area (Å²) in [6.07, 6.45) is -17.9. The van der Waals surface area contributed by atoms with Crippen LogP contribution >= 0.6 is 0 Å². The molecule has 49 heavy (non-hydrogen) atoms. The van der Waals surface area contributed by atoms with Gasteiger partial charge in [0, 0.05) is 11.1 Å². The van der Waals surface area contributed by atoms with E-state index in [0.29, 0.717) is 0 Å². The van der Waals surface area contributed by atoms with Crippen molar-refractivity contribution in [3.63, 3.8) is 0 Å². The summed E-state index contributed by atoms with van der Waals surface area (Å²) in [5.74, 6) is -4.10. The van der Waals surface area contributed by atoms with E-state index in [0.717, 1.165) is 12.1 Å². The number of ether oxygens (including phenoxy) is 4. The van der Waals surface area contributed by atoms with Crippen LogP contribution in [0.2, 0.25) is 0 Å². The van der Waals surface area contributed by atoms with Crippen LogP contribution < -0.4 is 0 Å². The monoisotopic (exact) mass is 696 g/mol. The van der Waals surface area contributed by atoms with Crippen molar-refractivity contribution >= 4 is 11.8 Å². The summed E-state index contributed by atoms with van der Waals surface area (Å²) < 4.78 is 22.0. The highest BCUT2D eigenvalue weighted by Gasteiger charge is 2.58. The van der Waals surface area contributed by atoms with Gasteiger partial charge in [0.15, 0.2) is 6.29 Å². The van der Waals surface area contributed by atoms with Gasteiger partial charge in [-0.05, 0) is 37.6 Å². The molecule has 11 N–H and O–H groups in total. The minimum Gasteiger partial charge on any atom is -0.507 e. The van der Waals surface area contributed by atoms with Crippen molar-refractivity contribution in [3.05, 3.63) is 58.1 Å². The number of aromatic hydroxyl groups is 2. The second kappa shape index (κ2) is 14.1. The van der Waals surface area contributed by atoms with Gasteiger partial charge in [0.2, 0.25) is 5.78 Å². The van der Waals surface area contributed by atoms with Gasteiger partial charge in [-0.25, -0.2) is 0 Å². The Kier molecular flexibility index (Phi) is 10.7. The number of phenolic OH excluding ortho intramolecular Hbond substituents is 2. The maximum absolute atomic E-state index is 13.6. The van der Waals surface area contributed by atoms with Gasteiger partial charge in [-0.1, -0.05) is 12.1 Å². The molecule has 0 amide bonds. The van der Waals surface area contributed by atoms with Gasteiger partial charge in [-0.15, -0.1) is 0 Å². The lowest BCUT2D eigenvalue weighted by atomic mass is 9.68. The summed E-state index contributed by atoms with van der Waals surface area (Å²) in [4.78, 5) is 26.7. The lowest BCUT2D eigenvalue weighted by Crippen LogP contribution is -2.65. The number of phenols is 2. The van der Waals surface area contributed by atoms with Crippen molar-refractivity contribution in [1.29, 1.82) is 0 Å². The molecule has 0 bridgehead atoms. The zero-order valence-corrected chi connectivity index (χ0v) is 26.3. The largest absolute Gasteiger partial charge is 0.507 e. The molecule has 2 saturated heterocycles. The molecule has 13 atom stereocenters. The van der Waals surface area contributed by atoms with Gasteiger partial charge < -0.3 is 75.1 Å². The first-order valence-corrected chi connectivity index (χ1v) is 15.5. The van der Waals surface area contributed by atoms with Gasteiger partial charge in [0.25, 0.3) is 0 Å². The summed E-state index contributed by atoms with van der Waals surface area (Å²) in [6.45, 7) is 0.781. The van der Waals surface area contributed by atoms with E-state index < -0.39 is 133 Å². The standard InChI is InChI=1S/C32H40O17/c1-11(12(2)47-31-28(43)26(41)23(38)19(9-34)49-31)30(44)46-10-13-6-15-21(17(36)7-13)24(39)20-14(4-3-5-16(20)35)32(15,45)29-27(42)25(40)22(37)18(8-33)48-29/h3-7,11-12,18-19,22-23,25-29,31,33-38,40-43,45H,8-10H2,1-2H3. The van der Waals surface area contributed by atoms with Crippen LogP contribution in [-0.2, 0) is 35.9 Å². The van der Waals surface area contributed by atoms with E-state index in [1.54, 1.807) is 0 Å². The number of esters is 1. The molecule has 13 unspecified atom stereocenters. The van der Waals surface area contributed by atoms with E-state index in [1.165, 1.54) is 32.0 Å². The van der Waals surface area contributed by atoms with Crippen molar-refractivity contribution in [3.8, 4) is 11.5 Å². The maximum Gasteiger partial charge on any atom is 0.311 e. The Hall–Kier alpha value is -3.30. The summed E-state index contributed by atoms with van der Waals surface area (Å²) >= 11 is 0. The summed E-state index contributed by atoms with van der Waals surface area (Å²) in [7, 11) is 0. The number of ketones is 1. The smallest absolute Gasteiger partial charge is 0.311 e. The van der Waals surface area contributed by atoms with Crippen LogP contribution in [0.3, 0.4) is 0 Å². The number of hydrogen-bond acceptors (Lipinski definition) is 17. The fourth-order valence-electron chi connectivity index (χ4n) is 6.41. The zero-order chi connectivity index (χ0) is 36.1. The molecule has 2 aromatic carbocycles. The van der Waals surface area contributed by atoms with Crippen LogP contribution in [-0.4, -0.2) is 148 Å². The number of benzene rings is 2. The number of fused-ring (bicyclic) bond motifs is 2. The molecular formula is C32H40O17. The Labute approximate surface area is 278 Å². The Bertz CT molecular complexity index is 1550. The third-order valence-corrected chi connectivity index (χ3v) is 9.45. The predicted octanol–water partition coefficient (Wildman–Crippen LogP) is -3.40. The Morgan fingerprint density at radius 3 is 2.04 bits per heavy atom. The molecule has 2 aliphatic heterocycles. The Morgan fingerprint density at radius 2 is 1.41 bits per heavy atom. The summed E-state index contributed by atoms with van der Waals surface area (Å²) in [6, 6.07) is 5.96. The highest BCUT2D eigenvalue weighted by Crippen LogP contribution is 2.50. The predicted molar refractivity (Wildman–Crippen MR) is 160 cm³/mol. The fraction of sp³-hybridized carbons (Fsp3) is 0.562. The second-order valence-corrected chi connectivity index (χ2v) is 12.5. The zero-order valence-electron chi connectivity index (χ0n) is 26.3. The van der Waals surface area contributed by atoms with Gasteiger partial charge in [0.1, 0.15) is 78.6 Å². The Morgan fingerprint density at radius 1 is 0.816 bits per heavy atom. The van der Waals surface area contributed by atoms with Crippen LogP contribution in [0.1, 0.15) is 46.5 Å². The van der Waals surface area contributed by atoms with E-state index in [4.69, 9.17) is 18.9 Å². The van der Waals surface area contributed by atoms with E-state index in [9.17, 15) is 65.8 Å². The third kappa shape index (κ3) is 6.30. The minimum absolute atomic E-state index is 0.0266. The van der Waals surface area contributed by atoms with Crippen LogP contribution in [0.15, 0.2) is 30.3 Å². The van der Waals surface area contributed by atoms with E-state index >= 15 is 0 Å². The first-order chi connectivity index (χ1) is 23.1. The van der Waals surface area contributed by atoms with Crippen molar-refractivity contribution in [2.45, 2.75) is 93.4 Å². The average Bonchev–Trinajstić information content (AvgIpc) is 3.08. The summed E-state index contributed by atoms with van der Waals surface area (Å²) in [5, 5.41) is 115. The lowest BCUT2D eigenvalue weighted by Gasteiger charge is -2.49. The van der Waals surface area contributed by atoms with Crippen molar-refractivity contribution < 1.29 is 84.7 Å². The molecule has 1 aliphatic carbocycles. The first kappa shape index (κ1) is 37.0. The van der Waals surface area contributed by atoms with Gasteiger partial charge in [0.05, 0.1) is 36.4 Å². The fourth-order valence-corrected chi connectivity index (χ4v) is 6.41. The highest BCUT2D eigenvalue weighted by atomic mass is 16.7. The number of carbonyl (C=O) groups excluding carboxylic acids is 2. The molecule has 17 heteroatoms. The quantitative estimate of drug-likeness (QED) is 0.114. The Balaban J connectivity index is 1.42. The van der Waals surface area contributed by atoms with Crippen LogP contribution in [0, 0.1) is 5.92 Å². The molecule has 0 saturated carbocycles. The SMILES string of the molecule is CC(OC1OC(CO)C(O)C(O)C1O)C(C)C(=O)OCc1cc(O)c2c(c1)C(O)(C1OC(CO)C(O)C(O)C1O)c1cccc(O)c1C2=O. The highest BCUT2D eigenvalue weighted by molar-refractivity contribution is 6.16. The molecule has 0 aromatic heterocycles. The van der Waals surface area contributed by atoms with Crippen molar-refractivity contribution in [1.82, 2.24) is 0 Å². The molecule has 17 nitrogen and oxygen atoms in total. The lowest BCUT2D eigenvalue weighted by molar-refractivity contribution is -0.312. The number of aliphatic hydroxyl groups excluding tert-OH is 8. The molecule has 0 radical (unpaired) electrons.